The fourth-order valence-electron chi connectivity index (χ4n) is 4.23. The second-order valence-electron chi connectivity index (χ2n) is 7.39. The number of amides is 2. The van der Waals surface area contributed by atoms with E-state index in [2.05, 4.69) is 25.9 Å². The van der Waals surface area contributed by atoms with Crippen LogP contribution in [0.4, 0.5) is 5.69 Å². The fourth-order valence-corrected chi connectivity index (χ4v) is 4.69. The number of nitrogens with one attached hydrogen (secondary N) is 1. The maximum atomic E-state index is 13.5. The molecule has 2 heterocycles. The number of rotatable bonds is 2. The molecule has 148 valence electrons. The molecular weight excluding hydrogens is 454 g/mol. The van der Waals surface area contributed by atoms with Crippen LogP contribution in [-0.4, -0.2) is 21.8 Å². The highest BCUT2D eigenvalue weighted by molar-refractivity contribution is 9.10. The molecule has 0 unspecified atom stereocenters. The Labute approximate surface area is 185 Å². The van der Waals surface area contributed by atoms with Gasteiger partial charge in [0.1, 0.15) is 5.82 Å². The van der Waals surface area contributed by atoms with Gasteiger partial charge in [0.15, 0.2) is 0 Å². The van der Waals surface area contributed by atoms with E-state index < -0.39 is 0 Å². The number of imidazole rings is 1. The van der Waals surface area contributed by atoms with Crippen molar-refractivity contribution in [3.05, 3.63) is 94.5 Å². The molecule has 31 heavy (non-hydrogen) atoms. The molecule has 0 saturated carbocycles. The van der Waals surface area contributed by atoms with E-state index in [0.29, 0.717) is 33.6 Å². The normalized spacial score (nSPS) is 13.4. The molecule has 0 fully saturated rings. The minimum atomic E-state index is -0.343. The molecule has 1 aromatic heterocycles. The van der Waals surface area contributed by atoms with E-state index in [1.807, 2.05) is 60.7 Å². The molecule has 0 spiro atoms. The summed E-state index contributed by atoms with van der Waals surface area (Å²) < 4.78 is 0.852. The zero-order valence-electron chi connectivity index (χ0n) is 16.1. The number of H-pyrrole nitrogens is 1. The molecule has 0 atom stereocenters. The second kappa shape index (κ2) is 6.62. The lowest BCUT2D eigenvalue weighted by atomic mass is 9.93. The third kappa shape index (κ3) is 2.58. The van der Waals surface area contributed by atoms with Crippen LogP contribution in [0, 0.1) is 0 Å². The molecule has 5 aromatic rings. The van der Waals surface area contributed by atoms with Crippen molar-refractivity contribution in [2.24, 2.45) is 0 Å². The van der Waals surface area contributed by atoms with Crippen molar-refractivity contribution < 1.29 is 9.59 Å². The lowest BCUT2D eigenvalue weighted by molar-refractivity contribution is 0.0893. The summed E-state index contributed by atoms with van der Waals surface area (Å²) in [6, 6.07) is 24.2. The van der Waals surface area contributed by atoms with Crippen molar-refractivity contribution in [1.29, 1.82) is 0 Å². The Hall–Kier alpha value is -3.77. The van der Waals surface area contributed by atoms with Gasteiger partial charge in [0, 0.05) is 26.5 Å². The summed E-state index contributed by atoms with van der Waals surface area (Å²) in [4.78, 5) is 36.3. The Morgan fingerprint density at radius 1 is 0.742 bits per heavy atom. The van der Waals surface area contributed by atoms with Gasteiger partial charge in [-0.2, -0.15) is 0 Å². The number of nitrogens with zero attached hydrogens (tertiary/aromatic N) is 2. The van der Waals surface area contributed by atoms with Crippen LogP contribution in [0.2, 0.25) is 0 Å². The number of hydrogen-bond donors (Lipinski definition) is 1. The minimum Gasteiger partial charge on any atom is -0.338 e. The molecule has 6 heteroatoms. The quantitative estimate of drug-likeness (QED) is 0.326. The van der Waals surface area contributed by atoms with Gasteiger partial charge in [-0.1, -0.05) is 52.3 Å². The minimum absolute atomic E-state index is 0.343. The molecule has 0 bridgehead atoms. The molecule has 5 nitrogen and oxygen atoms in total. The van der Waals surface area contributed by atoms with E-state index in [9.17, 15) is 9.59 Å². The van der Waals surface area contributed by atoms with Crippen LogP contribution >= 0.6 is 15.9 Å². The van der Waals surface area contributed by atoms with Gasteiger partial charge in [0.05, 0.1) is 16.7 Å². The van der Waals surface area contributed by atoms with Crippen LogP contribution in [0.15, 0.2) is 83.3 Å². The van der Waals surface area contributed by atoms with Gasteiger partial charge in [-0.05, 0) is 47.9 Å². The third-order valence-corrected chi connectivity index (χ3v) is 6.34. The first-order valence-electron chi connectivity index (χ1n) is 9.77. The van der Waals surface area contributed by atoms with Crippen LogP contribution in [0.3, 0.4) is 0 Å². The number of benzene rings is 4. The lowest BCUT2D eigenvalue weighted by Gasteiger charge is -2.28. The predicted molar refractivity (Wildman–Crippen MR) is 124 cm³/mol. The van der Waals surface area contributed by atoms with Crippen molar-refractivity contribution in [3.8, 4) is 11.4 Å². The van der Waals surface area contributed by atoms with Crippen molar-refractivity contribution in [2.75, 3.05) is 4.90 Å². The van der Waals surface area contributed by atoms with E-state index in [-0.39, 0.29) is 11.8 Å². The maximum absolute atomic E-state index is 13.5. The SMILES string of the molecule is O=C1c2cccc3c(Br)ccc(c23)C(=O)N1c1ccccc1-c1nc2ccccc2[nH]1. The van der Waals surface area contributed by atoms with Crippen LogP contribution in [-0.2, 0) is 0 Å². The number of carbonyl (C=O) groups excluding carboxylic acids is 2. The summed E-state index contributed by atoms with van der Waals surface area (Å²) in [7, 11) is 0. The van der Waals surface area contributed by atoms with E-state index >= 15 is 0 Å². The molecule has 4 aromatic carbocycles. The number of imide groups is 1. The molecule has 1 N–H and O–H groups in total. The van der Waals surface area contributed by atoms with Gasteiger partial charge >= 0.3 is 0 Å². The highest BCUT2D eigenvalue weighted by Gasteiger charge is 2.35. The standard InChI is InChI=1S/C25H14BrN3O2/c26-18-13-12-17-22-14(18)7-5-8-16(22)24(30)29(25(17)31)21-11-4-1-6-15(21)23-27-19-9-2-3-10-20(19)28-23/h1-13H,(H,27,28). The lowest BCUT2D eigenvalue weighted by Crippen LogP contribution is -2.40. The molecule has 2 amide bonds. The van der Waals surface area contributed by atoms with Gasteiger partial charge < -0.3 is 4.98 Å². The van der Waals surface area contributed by atoms with E-state index in [4.69, 9.17) is 0 Å². The Bertz CT molecular complexity index is 1500. The summed E-state index contributed by atoms with van der Waals surface area (Å²) in [6.07, 6.45) is 0. The largest absolute Gasteiger partial charge is 0.338 e. The van der Waals surface area contributed by atoms with Gasteiger partial charge in [-0.15, -0.1) is 0 Å². The first-order valence-corrected chi connectivity index (χ1v) is 10.6. The molecule has 0 aliphatic carbocycles. The summed E-state index contributed by atoms with van der Waals surface area (Å²) in [5.74, 6) is -0.0771. The molecule has 1 aliphatic heterocycles. The Morgan fingerprint density at radius 3 is 2.29 bits per heavy atom. The average Bonchev–Trinajstić information content (AvgIpc) is 3.23. The van der Waals surface area contributed by atoms with E-state index in [1.165, 1.54) is 4.90 Å². The van der Waals surface area contributed by atoms with Crippen molar-refractivity contribution in [1.82, 2.24) is 9.97 Å². The smallest absolute Gasteiger partial charge is 0.266 e. The molecular formula is C25H14BrN3O2. The zero-order valence-corrected chi connectivity index (χ0v) is 17.7. The number of hydrogen-bond acceptors (Lipinski definition) is 3. The number of aromatic amines is 1. The fraction of sp³-hybridized carbons (Fsp3) is 0. The van der Waals surface area contributed by atoms with Crippen LogP contribution in [0.25, 0.3) is 33.2 Å². The van der Waals surface area contributed by atoms with Crippen LogP contribution < -0.4 is 4.90 Å². The summed E-state index contributed by atoms with van der Waals surface area (Å²) in [5.41, 5.74) is 3.92. The van der Waals surface area contributed by atoms with E-state index in [1.54, 1.807) is 18.2 Å². The first kappa shape index (κ1) is 18.0. The molecule has 0 saturated heterocycles. The summed E-state index contributed by atoms with van der Waals surface area (Å²) >= 11 is 3.53. The third-order valence-electron chi connectivity index (χ3n) is 5.64. The van der Waals surface area contributed by atoms with Gasteiger partial charge in [-0.3, -0.25) is 9.59 Å². The van der Waals surface area contributed by atoms with Crippen molar-refractivity contribution in [2.45, 2.75) is 0 Å². The number of carbonyl (C=O) groups is 2. The first-order chi connectivity index (χ1) is 15.1. The Balaban J connectivity index is 1.57. The highest BCUT2D eigenvalue weighted by atomic mass is 79.9. The maximum Gasteiger partial charge on any atom is 0.266 e. The van der Waals surface area contributed by atoms with Crippen molar-refractivity contribution in [3.63, 3.8) is 0 Å². The Kier molecular flexibility index (Phi) is 3.85. The number of fused-ring (bicyclic) bond motifs is 1. The summed E-state index contributed by atoms with van der Waals surface area (Å²) in [5, 5.41) is 1.53. The topological polar surface area (TPSA) is 66.1 Å². The monoisotopic (exact) mass is 467 g/mol. The molecule has 0 radical (unpaired) electrons. The van der Waals surface area contributed by atoms with E-state index in [0.717, 1.165) is 20.9 Å². The van der Waals surface area contributed by atoms with Gasteiger partial charge in [0.25, 0.3) is 11.8 Å². The van der Waals surface area contributed by atoms with Gasteiger partial charge in [0.2, 0.25) is 0 Å². The number of anilines is 1. The highest BCUT2D eigenvalue weighted by Crippen LogP contribution is 2.38. The second-order valence-corrected chi connectivity index (χ2v) is 8.24. The summed E-state index contributed by atoms with van der Waals surface area (Å²) in [6.45, 7) is 0. The Morgan fingerprint density at radius 2 is 1.45 bits per heavy atom. The number of para-hydroxylation sites is 3. The van der Waals surface area contributed by atoms with Crippen LogP contribution in [0.5, 0.6) is 0 Å². The van der Waals surface area contributed by atoms with Crippen LogP contribution in [0.1, 0.15) is 20.7 Å². The van der Waals surface area contributed by atoms with Crippen molar-refractivity contribution >= 4 is 55.2 Å². The predicted octanol–water partition coefficient (Wildman–Crippen LogP) is 5.95. The zero-order chi connectivity index (χ0) is 21.1. The number of halogens is 1. The number of aromatic nitrogens is 2. The van der Waals surface area contributed by atoms with Gasteiger partial charge in [-0.25, -0.2) is 9.88 Å². The molecule has 6 rings (SSSR count). The average molecular weight is 468 g/mol. The molecule has 1 aliphatic rings.